The Labute approximate surface area is 137 Å². The van der Waals surface area contributed by atoms with Gasteiger partial charge in [-0.25, -0.2) is 0 Å². The number of rotatable bonds is 9. The summed E-state index contributed by atoms with van der Waals surface area (Å²) in [6, 6.07) is 8.14. The fourth-order valence-corrected chi connectivity index (χ4v) is 4.00. The number of halogens is 2. The molecule has 114 valence electrons. The molecule has 1 aromatic rings. The zero-order valence-corrected chi connectivity index (χ0v) is 15.3. The van der Waals surface area contributed by atoms with Crippen molar-refractivity contribution in [2.75, 3.05) is 18.9 Å². The van der Waals surface area contributed by atoms with Crippen molar-refractivity contribution in [3.05, 3.63) is 34.9 Å². The molecule has 1 nitrogen and oxygen atoms in total. The van der Waals surface area contributed by atoms with Gasteiger partial charge in [-0.05, 0) is 36.9 Å². The predicted molar refractivity (Wildman–Crippen MR) is 93.8 cm³/mol. The minimum atomic E-state index is 0.388. The summed E-state index contributed by atoms with van der Waals surface area (Å²) >= 11 is 10.0. The van der Waals surface area contributed by atoms with Gasteiger partial charge in [0, 0.05) is 23.4 Å². The number of benzene rings is 1. The molecule has 0 unspecified atom stereocenters. The SMILES string of the molecule is CCCC(CBr)(CCC)CN(C)Cc1ccccc1Cl. The van der Waals surface area contributed by atoms with Crippen LogP contribution in [-0.4, -0.2) is 23.8 Å². The highest BCUT2D eigenvalue weighted by Crippen LogP contribution is 2.33. The van der Waals surface area contributed by atoms with E-state index in [1.165, 1.54) is 31.2 Å². The third kappa shape index (κ3) is 5.38. The van der Waals surface area contributed by atoms with E-state index in [0.717, 1.165) is 23.4 Å². The van der Waals surface area contributed by atoms with Crippen LogP contribution >= 0.6 is 27.5 Å². The topological polar surface area (TPSA) is 3.24 Å². The highest BCUT2D eigenvalue weighted by atomic mass is 79.9. The minimum absolute atomic E-state index is 0.388. The molecule has 0 N–H and O–H groups in total. The molecule has 0 radical (unpaired) electrons. The Hall–Kier alpha value is -0.0500. The lowest BCUT2D eigenvalue weighted by atomic mass is 9.80. The average molecular weight is 361 g/mol. The van der Waals surface area contributed by atoms with Crippen molar-refractivity contribution < 1.29 is 0 Å². The largest absolute Gasteiger partial charge is 0.301 e. The van der Waals surface area contributed by atoms with Crippen molar-refractivity contribution in [2.45, 2.75) is 46.1 Å². The maximum Gasteiger partial charge on any atom is 0.0451 e. The van der Waals surface area contributed by atoms with Gasteiger partial charge in [-0.3, -0.25) is 0 Å². The molecule has 0 fully saturated rings. The zero-order valence-electron chi connectivity index (χ0n) is 13.0. The van der Waals surface area contributed by atoms with Gasteiger partial charge in [0.1, 0.15) is 0 Å². The van der Waals surface area contributed by atoms with Gasteiger partial charge in [-0.15, -0.1) is 0 Å². The molecular weight excluding hydrogens is 334 g/mol. The lowest BCUT2D eigenvalue weighted by Crippen LogP contribution is -2.36. The molecule has 0 aliphatic carbocycles. The first kappa shape index (κ1) is 18.0. The number of hydrogen-bond acceptors (Lipinski definition) is 1. The lowest BCUT2D eigenvalue weighted by molar-refractivity contribution is 0.166. The Kier molecular flexibility index (Phi) is 8.16. The van der Waals surface area contributed by atoms with E-state index in [1.807, 2.05) is 12.1 Å². The molecule has 0 spiro atoms. The number of alkyl halides is 1. The Morgan fingerprint density at radius 1 is 1.15 bits per heavy atom. The first-order valence-electron chi connectivity index (χ1n) is 7.55. The van der Waals surface area contributed by atoms with Crippen LogP contribution < -0.4 is 0 Å². The van der Waals surface area contributed by atoms with E-state index < -0.39 is 0 Å². The molecule has 0 saturated heterocycles. The van der Waals surface area contributed by atoms with Crippen molar-refractivity contribution in [3.8, 4) is 0 Å². The first-order valence-corrected chi connectivity index (χ1v) is 9.04. The lowest BCUT2D eigenvalue weighted by Gasteiger charge is -2.36. The van der Waals surface area contributed by atoms with Crippen LogP contribution in [-0.2, 0) is 6.54 Å². The molecule has 0 atom stereocenters. The van der Waals surface area contributed by atoms with Gasteiger partial charge in [0.15, 0.2) is 0 Å². The van der Waals surface area contributed by atoms with Crippen molar-refractivity contribution in [3.63, 3.8) is 0 Å². The second-order valence-electron chi connectivity index (χ2n) is 5.90. The summed E-state index contributed by atoms with van der Waals surface area (Å²) in [7, 11) is 2.20. The molecule has 0 aliphatic heterocycles. The van der Waals surface area contributed by atoms with Gasteiger partial charge in [0.2, 0.25) is 0 Å². The van der Waals surface area contributed by atoms with Gasteiger partial charge < -0.3 is 4.90 Å². The standard InChI is InChI=1S/C17H27BrClN/c1-4-10-17(13-18,11-5-2)14-20(3)12-15-8-6-7-9-16(15)19/h6-9H,4-5,10-14H2,1-3H3. The third-order valence-corrected chi connectivity index (χ3v) is 5.41. The summed E-state index contributed by atoms with van der Waals surface area (Å²) in [6.07, 6.45) is 5.04. The van der Waals surface area contributed by atoms with Crippen molar-refractivity contribution in [1.82, 2.24) is 4.90 Å². The van der Waals surface area contributed by atoms with E-state index in [2.05, 4.69) is 53.9 Å². The number of nitrogens with zero attached hydrogens (tertiary/aromatic N) is 1. The Morgan fingerprint density at radius 3 is 2.25 bits per heavy atom. The van der Waals surface area contributed by atoms with Gasteiger partial charge in [-0.1, -0.05) is 72.4 Å². The second-order valence-corrected chi connectivity index (χ2v) is 6.87. The van der Waals surface area contributed by atoms with Crippen LogP contribution in [0.3, 0.4) is 0 Å². The first-order chi connectivity index (χ1) is 9.56. The molecule has 1 rings (SSSR count). The third-order valence-electron chi connectivity index (χ3n) is 3.85. The minimum Gasteiger partial charge on any atom is -0.301 e. The van der Waals surface area contributed by atoms with Crippen LogP contribution in [0.25, 0.3) is 0 Å². The zero-order chi connectivity index (χ0) is 15.0. The van der Waals surface area contributed by atoms with Gasteiger partial charge in [0.05, 0.1) is 0 Å². The van der Waals surface area contributed by atoms with Crippen LogP contribution in [0.1, 0.15) is 45.1 Å². The van der Waals surface area contributed by atoms with E-state index in [1.54, 1.807) is 0 Å². The van der Waals surface area contributed by atoms with E-state index >= 15 is 0 Å². The number of hydrogen-bond donors (Lipinski definition) is 0. The second kappa shape index (κ2) is 9.07. The highest BCUT2D eigenvalue weighted by molar-refractivity contribution is 9.09. The molecular formula is C17H27BrClN. The maximum absolute atomic E-state index is 6.26. The van der Waals surface area contributed by atoms with Crippen LogP contribution in [0.15, 0.2) is 24.3 Å². The smallest absolute Gasteiger partial charge is 0.0451 e. The van der Waals surface area contributed by atoms with Crippen LogP contribution in [0, 0.1) is 5.41 Å². The quantitative estimate of drug-likeness (QED) is 0.506. The monoisotopic (exact) mass is 359 g/mol. The molecule has 20 heavy (non-hydrogen) atoms. The summed E-state index contributed by atoms with van der Waals surface area (Å²) in [5.74, 6) is 0. The summed E-state index contributed by atoms with van der Waals surface area (Å²) in [5.41, 5.74) is 1.60. The van der Waals surface area contributed by atoms with Gasteiger partial charge >= 0.3 is 0 Å². The van der Waals surface area contributed by atoms with E-state index in [-0.39, 0.29) is 0 Å². The van der Waals surface area contributed by atoms with Crippen molar-refractivity contribution in [2.24, 2.45) is 5.41 Å². The van der Waals surface area contributed by atoms with Crippen LogP contribution in [0.5, 0.6) is 0 Å². The molecule has 0 amide bonds. The van der Waals surface area contributed by atoms with E-state index in [9.17, 15) is 0 Å². The summed E-state index contributed by atoms with van der Waals surface area (Å²) in [4.78, 5) is 2.41. The Morgan fingerprint density at radius 2 is 1.75 bits per heavy atom. The van der Waals surface area contributed by atoms with E-state index in [4.69, 9.17) is 11.6 Å². The molecule has 0 aromatic heterocycles. The molecule has 0 heterocycles. The fraction of sp³-hybridized carbons (Fsp3) is 0.647. The maximum atomic E-state index is 6.26. The van der Waals surface area contributed by atoms with Crippen molar-refractivity contribution >= 4 is 27.5 Å². The summed E-state index contributed by atoms with van der Waals surface area (Å²) in [6.45, 7) is 6.59. The summed E-state index contributed by atoms with van der Waals surface area (Å²) in [5, 5.41) is 1.95. The summed E-state index contributed by atoms with van der Waals surface area (Å²) < 4.78 is 0. The average Bonchev–Trinajstić information content (AvgIpc) is 2.42. The fourth-order valence-electron chi connectivity index (χ4n) is 3.07. The van der Waals surface area contributed by atoms with Crippen molar-refractivity contribution in [1.29, 1.82) is 0 Å². The Balaban J connectivity index is 2.70. The Bertz CT molecular complexity index is 388. The normalized spacial score (nSPS) is 12.1. The van der Waals surface area contributed by atoms with Gasteiger partial charge in [0.25, 0.3) is 0 Å². The molecule has 0 bridgehead atoms. The molecule has 0 saturated carbocycles. The predicted octanol–water partition coefficient (Wildman–Crippen LogP) is 5.75. The van der Waals surface area contributed by atoms with Crippen LogP contribution in [0.2, 0.25) is 5.02 Å². The highest BCUT2D eigenvalue weighted by Gasteiger charge is 2.28. The molecule has 1 aromatic carbocycles. The molecule has 3 heteroatoms. The van der Waals surface area contributed by atoms with Crippen LogP contribution in [0.4, 0.5) is 0 Å². The van der Waals surface area contributed by atoms with Gasteiger partial charge in [-0.2, -0.15) is 0 Å². The van der Waals surface area contributed by atoms with E-state index in [0.29, 0.717) is 5.41 Å². The molecule has 0 aliphatic rings.